The first-order chi connectivity index (χ1) is 17.5. The van der Waals surface area contributed by atoms with Gasteiger partial charge < -0.3 is 14.5 Å². The number of fused-ring (bicyclic) bond motifs is 1. The van der Waals surface area contributed by atoms with Crippen LogP contribution in [0.4, 0.5) is 15.8 Å². The van der Waals surface area contributed by atoms with Gasteiger partial charge in [-0.3, -0.25) is 9.59 Å². The van der Waals surface area contributed by atoms with Gasteiger partial charge in [0.1, 0.15) is 5.82 Å². The van der Waals surface area contributed by atoms with Gasteiger partial charge in [0.25, 0.3) is 0 Å². The summed E-state index contributed by atoms with van der Waals surface area (Å²) in [5.41, 5.74) is 5.53. The lowest BCUT2D eigenvalue weighted by Crippen LogP contribution is -2.34. The van der Waals surface area contributed by atoms with E-state index in [0.717, 1.165) is 37.3 Å². The normalized spacial score (nSPS) is 12.7. The van der Waals surface area contributed by atoms with Crippen molar-refractivity contribution in [3.63, 3.8) is 0 Å². The predicted octanol–water partition coefficient (Wildman–Crippen LogP) is 5.83. The zero-order chi connectivity index (χ0) is 25.5. The molecule has 0 aliphatic carbocycles. The van der Waals surface area contributed by atoms with E-state index in [4.69, 9.17) is 4.74 Å². The van der Waals surface area contributed by atoms with E-state index in [9.17, 15) is 14.0 Å². The number of ether oxygens (including phenoxy) is 1. The second kappa shape index (κ2) is 11.8. The van der Waals surface area contributed by atoms with Crippen molar-refractivity contribution >= 4 is 23.3 Å². The number of carbonyl (C=O) groups excluding carboxylic acids is 2. The molecule has 0 bridgehead atoms. The Bertz CT molecular complexity index is 1210. The van der Waals surface area contributed by atoms with Crippen LogP contribution < -0.4 is 9.80 Å². The molecule has 0 spiro atoms. The van der Waals surface area contributed by atoms with Crippen LogP contribution in [-0.4, -0.2) is 25.0 Å². The molecule has 0 fully saturated rings. The van der Waals surface area contributed by atoms with Crippen molar-refractivity contribution in [2.75, 3.05) is 23.0 Å². The standard InChI is InChI=1S/C30H33FN2O3/c1-3-36-29(35)17-16-25-15-14-24(19-27(25)31)21-33(22(2)34)28-13-7-11-26-12-8-18-32(30(26)28)20-23-9-5-4-6-10-23/h4-7,9-11,13-15,19H,3,8,12,16-18,20-21H2,1-2H3. The lowest BCUT2D eigenvalue weighted by atomic mass is 9.98. The molecule has 5 nitrogen and oxygen atoms in total. The first-order valence-electron chi connectivity index (χ1n) is 12.6. The van der Waals surface area contributed by atoms with E-state index >= 15 is 0 Å². The third-order valence-corrected chi connectivity index (χ3v) is 6.54. The molecule has 36 heavy (non-hydrogen) atoms. The zero-order valence-electron chi connectivity index (χ0n) is 21.0. The van der Waals surface area contributed by atoms with Gasteiger partial charge in [0.05, 0.1) is 24.5 Å². The number of carbonyl (C=O) groups is 2. The van der Waals surface area contributed by atoms with Gasteiger partial charge in [-0.15, -0.1) is 0 Å². The highest BCUT2D eigenvalue weighted by Crippen LogP contribution is 2.38. The summed E-state index contributed by atoms with van der Waals surface area (Å²) in [7, 11) is 0. The summed E-state index contributed by atoms with van der Waals surface area (Å²) in [5.74, 6) is -0.806. The minimum atomic E-state index is -0.374. The summed E-state index contributed by atoms with van der Waals surface area (Å²) in [5, 5.41) is 0. The van der Waals surface area contributed by atoms with Crippen LogP contribution in [-0.2, 0) is 40.3 Å². The van der Waals surface area contributed by atoms with Crippen molar-refractivity contribution in [2.24, 2.45) is 0 Å². The molecule has 1 aliphatic heterocycles. The molecule has 6 heteroatoms. The molecule has 1 amide bonds. The van der Waals surface area contributed by atoms with Crippen molar-refractivity contribution in [3.8, 4) is 0 Å². The van der Waals surface area contributed by atoms with Crippen molar-refractivity contribution in [1.82, 2.24) is 0 Å². The Balaban J connectivity index is 1.58. The van der Waals surface area contributed by atoms with Crippen molar-refractivity contribution in [1.29, 1.82) is 0 Å². The lowest BCUT2D eigenvalue weighted by molar-refractivity contribution is -0.143. The van der Waals surface area contributed by atoms with Crippen LogP contribution in [0.3, 0.4) is 0 Å². The van der Waals surface area contributed by atoms with Crippen LogP contribution in [0.15, 0.2) is 66.7 Å². The molecule has 3 aromatic rings. The molecule has 0 atom stereocenters. The highest BCUT2D eigenvalue weighted by atomic mass is 19.1. The molecule has 1 heterocycles. The summed E-state index contributed by atoms with van der Waals surface area (Å²) < 4.78 is 19.8. The maximum absolute atomic E-state index is 14.9. The fraction of sp³-hybridized carbons (Fsp3) is 0.333. The van der Waals surface area contributed by atoms with Gasteiger partial charge in [-0.05, 0) is 60.6 Å². The minimum Gasteiger partial charge on any atom is -0.466 e. The quantitative estimate of drug-likeness (QED) is 0.356. The van der Waals surface area contributed by atoms with E-state index in [0.29, 0.717) is 17.7 Å². The van der Waals surface area contributed by atoms with Crippen LogP contribution in [0.5, 0.6) is 0 Å². The third kappa shape index (κ3) is 6.11. The number of anilines is 2. The van der Waals surface area contributed by atoms with Crippen molar-refractivity contribution in [3.05, 3.63) is 94.8 Å². The summed E-state index contributed by atoms with van der Waals surface area (Å²) in [4.78, 5) is 28.6. The highest BCUT2D eigenvalue weighted by molar-refractivity contribution is 5.96. The van der Waals surface area contributed by atoms with E-state index in [2.05, 4.69) is 23.1 Å². The third-order valence-electron chi connectivity index (χ3n) is 6.54. The maximum Gasteiger partial charge on any atom is 0.306 e. The van der Waals surface area contributed by atoms with Crippen LogP contribution in [0.1, 0.15) is 48.9 Å². The fourth-order valence-corrected chi connectivity index (χ4v) is 4.81. The molecule has 1 aliphatic rings. The van der Waals surface area contributed by atoms with Crippen LogP contribution in [0.25, 0.3) is 0 Å². The Morgan fingerprint density at radius 3 is 2.56 bits per heavy atom. The van der Waals surface area contributed by atoms with Gasteiger partial charge in [-0.25, -0.2) is 4.39 Å². The molecule has 0 aromatic heterocycles. The maximum atomic E-state index is 14.9. The van der Waals surface area contributed by atoms with Gasteiger partial charge in [0.2, 0.25) is 5.91 Å². The fourth-order valence-electron chi connectivity index (χ4n) is 4.81. The number of rotatable bonds is 9. The molecule has 188 valence electrons. The molecule has 0 saturated heterocycles. The number of nitrogens with zero attached hydrogens (tertiary/aromatic N) is 2. The zero-order valence-corrected chi connectivity index (χ0v) is 21.0. The monoisotopic (exact) mass is 488 g/mol. The van der Waals surface area contributed by atoms with Crippen molar-refractivity contribution in [2.45, 2.75) is 52.6 Å². The minimum absolute atomic E-state index is 0.0968. The highest BCUT2D eigenvalue weighted by Gasteiger charge is 2.25. The lowest BCUT2D eigenvalue weighted by Gasteiger charge is -2.36. The van der Waals surface area contributed by atoms with Crippen LogP contribution in [0, 0.1) is 5.82 Å². The molecular weight excluding hydrogens is 455 g/mol. The molecule has 0 unspecified atom stereocenters. The summed E-state index contributed by atoms with van der Waals surface area (Å²) >= 11 is 0. The smallest absolute Gasteiger partial charge is 0.306 e. The number of hydrogen-bond donors (Lipinski definition) is 0. The molecule has 0 N–H and O–H groups in total. The number of para-hydroxylation sites is 1. The average molecular weight is 489 g/mol. The first-order valence-corrected chi connectivity index (χ1v) is 12.6. The summed E-state index contributed by atoms with van der Waals surface area (Å²) in [6.45, 7) is 5.55. The Kier molecular flexibility index (Phi) is 8.36. The molecule has 3 aromatic carbocycles. The topological polar surface area (TPSA) is 49.9 Å². The van der Waals surface area contributed by atoms with Crippen LogP contribution in [0.2, 0.25) is 0 Å². The number of hydrogen-bond acceptors (Lipinski definition) is 4. The second-order valence-electron chi connectivity index (χ2n) is 9.13. The van der Waals surface area contributed by atoms with Gasteiger partial charge in [-0.2, -0.15) is 0 Å². The molecular formula is C30H33FN2O3. The summed E-state index contributed by atoms with van der Waals surface area (Å²) in [6, 6.07) is 21.4. The molecule has 0 radical (unpaired) electrons. The van der Waals surface area contributed by atoms with Gasteiger partial charge in [0.15, 0.2) is 0 Å². The molecule has 4 rings (SSSR count). The Morgan fingerprint density at radius 2 is 1.83 bits per heavy atom. The Labute approximate surface area is 212 Å². The second-order valence-corrected chi connectivity index (χ2v) is 9.13. The predicted molar refractivity (Wildman–Crippen MR) is 140 cm³/mol. The van der Waals surface area contributed by atoms with Gasteiger partial charge in [-0.1, -0.05) is 54.6 Å². The number of esters is 1. The SMILES string of the molecule is CCOC(=O)CCc1ccc(CN(C(C)=O)c2cccc3c2N(Cc2ccccc2)CCC3)cc1F. The first kappa shape index (κ1) is 25.4. The largest absolute Gasteiger partial charge is 0.466 e. The van der Waals surface area contributed by atoms with E-state index in [1.807, 2.05) is 36.4 Å². The Morgan fingerprint density at radius 1 is 1.03 bits per heavy atom. The number of halogens is 1. The van der Waals surface area contributed by atoms with Crippen molar-refractivity contribution < 1.29 is 18.7 Å². The Hall–Kier alpha value is -3.67. The number of amides is 1. The van der Waals surface area contributed by atoms with E-state index in [1.165, 1.54) is 17.2 Å². The van der Waals surface area contributed by atoms with E-state index < -0.39 is 0 Å². The number of aryl methyl sites for hydroxylation is 2. The van der Waals surface area contributed by atoms with Gasteiger partial charge in [0, 0.05) is 26.4 Å². The summed E-state index contributed by atoms with van der Waals surface area (Å²) in [6.07, 6.45) is 2.44. The number of benzene rings is 3. The van der Waals surface area contributed by atoms with E-state index in [1.54, 1.807) is 24.8 Å². The average Bonchev–Trinajstić information content (AvgIpc) is 2.87. The molecule has 0 saturated carbocycles. The van der Waals surface area contributed by atoms with Crippen LogP contribution >= 0.6 is 0 Å². The van der Waals surface area contributed by atoms with E-state index in [-0.39, 0.29) is 37.1 Å². The van der Waals surface area contributed by atoms with Gasteiger partial charge >= 0.3 is 5.97 Å².